The zero-order valence-corrected chi connectivity index (χ0v) is 11.8. The first-order valence-corrected chi connectivity index (χ1v) is 6.91. The second-order valence-electron chi connectivity index (χ2n) is 3.69. The van der Waals surface area contributed by atoms with Crippen LogP contribution in [0.3, 0.4) is 0 Å². The van der Waals surface area contributed by atoms with Crippen molar-refractivity contribution in [3.8, 4) is 0 Å². The van der Waals surface area contributed by atoms with Crippen molar-refractivity contribution in [1.82, 2.24) is 0 Å². The smallest absolute Gasteiger partial charge is 0.204 e. The highest BCUT2D eigenvalue weighted by atomic mass is 79.9. The number of hydrogen-bond acceptors (Lipinski definition) is 3. The van der Waals surface area contributed by atoms with E-state index in [2.05, 4.69) is 22.9 Å². The Hall–Kier alpha value is -1.13. The summed E-state index contributed by atoms with van der Waals surface area (Å²) in [6.07, 6.45) is 0.959. The monoisotopic (exact) mass is 309 g/mol. The third-order valence-corrected chi connectivity index (χ3v) is 4.36. The van der Waals surface area contributed by atoms with Gasteiger partial charge in [0.1, 0.15) is 0 Å². The number of aryl methyl sites for hydroxylation is 1. The van der Waals surface area contributed by atoms with Crippen molar-refractivity contribution in [2.75, 3.05) is 5.73 Å². The summed E-state index contributed by atoms with van der Waals surface area (Å²) in [5.74, 6) is 0.0431. The van der Waals surface area contributed by atoms with Crippen molar-refractivity contribution in [3.63, 3.8) is 0 Å². The average Bonchev–Trinajstić information content (AvgIpc) is 2.76. The summed E-state index contributed by atoms with van der Waals surface area (Å²) in [4.78, 5) is 14.2. The number of carbonyl (C=O) groups excluding carboxylic acids is 1. The molecule has 1 heterocycles. The lowest BCUT2D eigenvalue weighted by Crippen LogP contribution is -2.00. The molecule has 0 bridgehead atoms. The van der Waals surface area contributed by atoms with Crippen molar-refractivity contribution in [1.29, 1.82) is 0 Å². The molecule has 17 heavy (non-hydrogen) atoms. The lowest BCUT2D eigenvalue weighted by Gasteiger charge is -2.02. The van der Waals surface area contributed by atoms with E-state index in [4.69, 9.17) is 5.73 Å². The maximum absolute atomic E-state index is 12.2. The van der Waals surface area contributed by atoms with Crippen LogP contribution in [0, 0.1) is 0 Å². The van der Waals surface area contributed by atoms with Crippen LogP contribution in [0.4, 0.5) is 5.69 Å². The Morgan fingerprint density at radius 1 is 1.35 bits per heavy atom. The van der Waals surface area contributed by atoms with Crippen molar-refractivity contribution in [2.45, 2.75) is 13.3 Å². The number of thiophene rings is 1. The first-order chi connectivity index (χ1) is 8.11. The van der Waals surface area contributed by atoms with Crippen molar-refractivity contribution >= 4 is 38.7 Å². The zero-order valence-electron chi connectivity index (χ0n) is 9.37. The van der Waals surface area contributed by atoms with Gasteiger partial charge in [0.05, 0.1) is 4.88 Å². The highest BCUT2D eigenvalue weighted by Crippen LogP contribution is 2.26. The minimum absolute atomic E-state index is 0.0431. The first kappa shape index (κ1) is 12.3. The number of rotatable bonds is 3. The quantitative estimate of drug-likeness (QED) is 0.690. The van der Waals surface area contributed by atoms with Gasteiger partial charge >= 0.3 is 0 Å². The molecule has 0 saturated carbocycles. The van der Waals surface area contributed by atoms with Gasteiger partial charge in [0.15, 0.2) is 0 Å². The minimum Gasteiger partial charge on any atom is -0.399 e. The molecule has 0 radical (unpaired) electrons. The number of benzene rings is 1. The van der Waals surface area contributed by atoms with Crippen LogP contribution < -0.4 is 5.73 Å². The summed E-state index contributed by atoms with van der Waals surface area (Å²) in [7, 11) is 0. The molecule has 0 unspecified atom stereocenters. The van der Waals surface area contributed by atoms with E-state index in [-0.39, 0.29) is 5.78 Å². The van der Waals surface area contributed by atoms with Gasteiger partial charge in [-0.15, -0.1) is 11.3 Å². The molecule has 0 fully saturated rings. The highest BCUT2D eigenvalue weighted by Gasteiger charge is 2.14. The predicted molar refractivity (Wildman–Crippen MR) is 75.7 cm³/mol. The van der Waals surface area contributed by atoms with Gasteiger partial charge < -0.3 is 5.73 Å². The van der Waals surface area contributed by atoms with E-state index in [1.807, 2.05) is 12.1 Å². The normalized spacial score (nSPS) is 10.5. The van der Waals surface area contributed by atoms with Crippen LogP contribution >= 0.6 is 27.3 Å². The predicted octanol–water partition coefficient (Wildman–Crippen LogP) is 3.89. The van der Waals surface area contributed by atoms with E-state index in [0.29, 0.717) is 11.3 Å². The van der Waals surface area contributed by atoms with Crippen LogP contribution in [-0.2, 0) is 6.42 Å². The fourth-order valence-corrected chi connectivity index (χ4v) is 3.02. The summed E-state index contributed by atoms with van der Waals surface area (Å²) in [6.45, 7) is 2.08. The summed E-state index contributed by atoms with van der Waals surface area (Å²) >= 11 is 4.92. The van der Waals surface area contributed by atoms with E-state index in [9.17, 15) is 4.79 Å². The van der Waals surface area contributed by atoms with Crippen LogP contribution in [0.15, 0.2) is 34.8 Å². The van der Waals surface area contributed by atoms with Crippen LogP contribution in [0.25, 0.3) is 0 Å². The Morgan fingerprint density at radius 2 is 2.12 bits per heavy atom. The summed E-state index contributed by atoms with van der Waals surface area (Å²) in [6, 6.07) is 9.14. The molecule has 0 saturated heterocycles. The molecule has 2 N–H and O–H groups in total. The van der Waals surface area contributed by atoms with Gasteiger partial charge in [0, 0.05) is 20.6 Å². The molecule has 0 aliphatic rings. The van der Waals surface area contributed by atoms with Crippen LogP contribution in [0.1, 0.15) is 27.0 Å². The molecular formula is C13H12BrNOS. The molecule has 0 aliphatic carbocycles. The fraction of sp³-hybridized carbons (Fsp3) is 0.154. The Kier molecular flexibility index (Phi) is 3.64. The second kappa shape index (κ2) is 5.02. The van der Waals surface area contributed by atoms with Gasteiger partial charge in [0.25, 0.3) is 0 Å². The highest BCUT2D eigenvalue weighted by molar-refractivity contribution is 9.10. The van der Waals surface area contributed by atoms with Gasteiger partial charge in [-0.3, -0.25) is 4.79 Å². The van der Waals surface area contributed by atoms with Crippen LogP contribution in [0.2, 0.25) is 0 Å². The number of hydrogen-bond donors (Lipinski definition) is 1. The standard InChI is InChI=1S/C13H12BrNOS/c1-2-9-4-6-12(17-9)13(16)10-5-3-8(15)7-11(10)14/h3-7H,2,15H2,1H3. The molecule has 88 valence electrons. The number of nitrogen functional groups attached to an aromatic ring is 1. The summed E-state index contributed by atoms with van der Waals surface area (Å²) in [5, 5.41) is 0. The van der Waals surface area contributed by atoms with E-state index in [0.717, 1.165) is 15.8 Å². The lowest BCUT2D eigenvalue weighted by atomic mass is 10.1. The maximum Gasteiger partial charge on any atom is 0.204 e. The van der Waals surface area contributed by atoms with Gasteiger partial charge in [-0.1, -0.05) is 6.92 Å². The molecule has 4 heteroatoms. The molecular weight excluding hydrogens is 298 g/mol. The van der Waals surface area contributed by atoms with E-state index >= 15 is 0 Å². The maximum atomic E-state index is 12.2. The molecule has 0 spiro atoms. The van der Waals surface area contributed by atoms with Crippen molar-refractivity contribution in [2.24, 2.45) is 0 Å². The second-order valence-corrected chi connectivity index (χ2v) is 5.71. The third-order valence-electron chi connectivity index (χ3n) is 2.47. The SMILES string of the molecule is CCc1ccc(C(=O)c2ccc(N)cc2Br)s1. The average molecular weight is 310 g/mol. The van der Waals surface area contributed by atoms with E-state index in [1.165, 1.54) is 4.88 Å². The Balaban J connectivity index is 2.36. The Labute approximate surface area is 113 Å². The van der Waals surface area contributed by atoms with Crippen LogP contribution in [-0.4, -0.2) is 5.78 Å². The number of halogens is 1. The molecule has 2 nitrogen and oxygen atoms in total. The van der Waals surface area contributed by atoms with Crippen LogP contribution in [0.5, 0.6) is 0 Å². The lowest BCUT2D eigenvalue weighted by molar-refractivity contribution is 0.104. The van der Waals surface area contributed by atoms with Crippen molar-refractivity contribution < 1.29 is 4.79 Å². The fourth-order valence-electron chi connectivity index (χ4n) is 1.54. The van der Waals surface area contributed by atoms with Gasteiger partial charge in [0.2, 0.25) is 5.78 Å². The molecule has 2 rings (SSSR count). The third kappa shape index (κ3) is 2.58. The summed E-state index contributed by atoms with van der Waals surface area (Å²) < 4.78 is 0.744. The number of anilines is 1. The summed E-state index contributed by atoms with van der Waals surface area (Å²) in [5.41, 5.74) is 6.96. The molecule has 1 aromatic carbocycles. The number of ketones is 1. The first-order valence-electron chi connectivity index (χ1n) is 5.30. The zero-order chi connectivity index (χ0) is 12.4. The Morgan fingerprint density at radius 3 is 2.71 bits per heavy atom. The molecule has 0 atom stereocenters. The molecule has 0 amide bonds. The van der Waals surface area contributed by atoms with E-state index < -0.39 is 0 Å². The largest absolute Gasteiger partial charge is 0.399 e. The molecule has 0 aliphatic heterocycles. The van der Waals surface area contributed by atoms with Gasteiger partial charge in [-0.05, 0) is 52.7 Å². The topological polar surface area (TPSA) is 43.1 Å². The van der Waals surface area contributed by atoms with Gasteiger partial charge in [-0.2, -0.15) is 0 Å². The molecule has 1 aromatic heterocycles. The van der Waals surface area contributed by atoms with E-state index in [1.54, 1.807) is 29.5 Å². The van der Waals surface area contributed by atoms with Crippen molar-refractivity contribution in [3.05, 3.63) is 50.1 Å². The number of nitrogens with two attached hydrogens (primary N) is 1. The Bertz CT molecular complexity index is 562. The number of carbonyl (C=O) groups is 1. The van der Waals surface area contributed by atoms with Gasteiger partial charge in [-0.25, -0.2) is 0 Å². The minimum atomic E-state index is 0.0431. The molecule has 2 aromatic rings.